The van der Waals surface area contributed by atoms with Crippen LogP contribution in [0, 0.1) is 0 Å². The van der Waals surface area contributed by atoms with Crippen LogP contribution in [0.1, 0.15) is 26.3 Å². The van der Waals surface area contributed by atoms with Crippen molar-refractivity contribution in [1.82, 2.24) is 5.32 Å². The molecule has 124 valence electrons. The Balaban J connectivity index is 1.63. The number of benzene rings is 3. The lowest BCUT2D eigenvalue weighted by Gasteiger charge is -2.08. The minimum absolute atomic E-state index is 0.139. The summed E-state index contributed by atoms with van der Waals surface area (Å²) in [6.07, 6.45) is 0. The van der Waals surface area contributed by atoms with Crippen molar-refractivity contribution in [2.75, 3.05) is 5.32 Å². The predicted molar refractivity (Wildman–Crippen MR) is 98.4 cm³/mol. The summed E-state index contributed by atoms with van der Waals surface area (Å²) >= 11 is 0. The van der Waals surface area contributed by atoms with Gasteiger partial charge in [-0.25, -0.2) is 0 Å². The summed E-state index contributed by atoms with van der Waals surface area (Å²) < 4.78 is 0. The quantitative estimate of drug-likeness (QED) is 0.746. The maximum absolute atomic E-state index is 12.3. The first-order valence-corrected chi connectivity index (χ1v) is 8.01. The van der Waals surface area contributed by atoms with Gasteiger partial charge in [0.1, 0.15) is 0 Å². The molecule has 0 saturated carbocycles. The van der Waals surface area contributed by atoms with Crippen molar-refractivity contribution < 1.29 is 9.59 Å². The van der Waals surface area contributed by atoms with Gasteiger partial charge in [0, 0.05) is 23.4 Å². The van der Waals surface area contributed by atoms with Crippen molar-refractivity contribution in [3.05, 3.63) is 102 Å². The van der Waals surface area contributed by atoms with Crippen LogP contribution >= 0.6 is 0 Å². The highest BCUT2D eigenvalue weighted by atomic mass is 16.2. The minimum atomic E-state index is -0.178. The molecule has 0 heterocycles. The first-order valence-electron chi connectivity index (χ1n) is 8.01. The second kappa shape index (κ2) is 7.93. The van der Waals surface area contributed by atoms with Crippen LogP contribution in [0.25, 0.3) is 0 Å². The first-order chi connectivity index (χ1) is 12.2. The smallest absolute Gasteiger partial charge is 0.255 e. The van der Waals surface area contributed by atoms with Crippen LogP contribution in [0.3, 0.4) is 0 Å². The van der Waals surface area contributed by atoms with Crippen molar-refractivity contribution in [1.29, 1.82) is 0 Å². The topological polar surface area (TPSA) is 58.2 Å². The zero-order chi connectivity index (χ0) is 17.5. The SMILES string of the molecule is O=C(NCc1cccc(C(=O)Nc2ccccc2)c1)c1ccccc1. The molecule has 3 aromatic rings. The van der Waals surface area contributed by atoms with E-state index >= 15 is 0 Å². The van der Waals surface area contributed by atoms with E-state index in [1.807, 2.05) is 60.7 Å². The van der Waals surface area contributed by atoms with Crippen LogP contribution in [0.4, 0.5) is 5.69 Å². The van der Waals surface area contributed by atoms with Crippen molar-refractivity contribution in [2.45, 2.75) is 6.54 Å². The summed E-state index contributed by atoms with van der Waals surface area (Å²) in [7, 11) is 0. The van der Waals surface area contributed by atoms with Gasteiger partial charge in [-0.3, -0.25) is 9.59 Å². The summed E-state index contributed by atoms with van der Waals surface area (Å²) in [6, 6.07) is 25.6. The number of amides is 2. The molecule has 0 unspecified atom stereocenters. The molecule has 0 fully saturated rings. The Labute approximate surface area is 146 Å². The van der Waals surface area contributed by atoms with E-state index in [0.29, 0.717) is 17.7 Å². The summed E-state index contributed by atoms with van der Waals surface area (Å²) in [5, 5.41) is 5.71. The van der Waals surface area contributed by atoms with E-state index < -0.39 is 0 Å². The average molecular weight is 330 g/mol. The van der Waals surface area contributed by atoms with Gasteiger partial charge in [0.15, 0.2) is 0 Å². The number of anilines is 1. The molecule has 0 saturated heterocycles. The molecule has 3 aromatic carbocycles. The predicted octanol–water partition coefficient (Wildman–Crippen LogP) is 3.87. The summed E-state index contributed by atoms with van der Waals surface area (Å²) in [5.41, 5.74) is 2.77. The standard InChI is InChI=1S/C21H18N2O2/c24-20(17-9-3-1-4-10-17)22-15-16-8-7-11-18(14-16)21(25)23-19-12-5-2-6-13-19/h1-14H,15H2,(H,22,24)(H,23,25). The average Bonchev–Trinajstić information content (AvgIpc) is 2.68. The van der Waals surface area contributed by atoms with Gasteiger partial charge in [0.25, 0.3) is 11.8 Å². The van der Waals surface area contributed by atoms with Crippen molar-refractivity contribution in [2.24, 2.45) is 0 Å². The lowest BCUT2D eigenvalue weighted by Crippen LogP contribution is -2.23. The molecule has 3 rings (SSSR count). The second-order valence-electron chi connectivity index (χ2n) is 5.57. The molecule has 0 aromatic heterocycles. The third-order valence-corrected chi connectivity index (χ3v) is 3.71. The highest BCUT2D eigenvalue weighted by Gasteiger charge is 2.08. The number of para-hydroxylation sites is 1. The largest absolute Gasteiger partial charge is 0.348 e. The molecule has 0 atom stereocenters. The number of hydrogen-bond donors (Lipinski definition) is 2. The molecule has 0 aliphatic carbocycles. The second-order valence-corrected chi connectivity index (χ2v) is 5.57. The summed E-state index contributed by atoms with van der Waals surface area (Å²) in [5.74, 6) is -0.317. The Bertz CT molecular complexity index is 861. The zero-order valence-electron chi connectivity index (χ0n) is 13.6. The first kappa shape index (κ1) is 16.5. The van der Waals surface area contributed by atoms with Crippen LogP contribution in [0.5, 0.6) is 0 Å². The van der Waals surface area contributed by atoms with Crippen LogP contribution in [-0.4, -0.2) is 11.8 Å². The van der Waals surface area contributed by atoms with E-state index in [0.717, 1.165) is 11.3 Å². The van der Waals surface area contributed by atoms with Crippen LogP contribution in [-0.2, 0) is 6.54 Å². The Kier molecular flexibility index (Phi) is 5.22. The third kappa shape index (κ3) is 4.54. The van der Waals surface area contributed by atoms with Gasteiger partial charge in [0.2, 0.25) is 0 Å². The zero-order valence-corrected chi connectivity index (χ0v) is 13.6. The molecule has 0 bridgehead atoms. The van der Waals surface area contributed by atoms with E-state index in [-0.39, 0.29) is 11.8 Å². The fourth-order valence-electron chi connectivity index (χ4n) is 2.42. The number of nitrogens with one attached hydrogen (secondary N) is 2. The Morgan fingerprint density at radius 1 is 0.680 bits per heavy atom. The summed E-state index contributed by atoms with van der Waals surface area (Å²) in [6.45, 7) is 0.361. The van der Waals surface area contributed by atoms with Crippen molar-refractivity contribution in [3.63, 3.8) is 0 Å². The highest BCUT2D eigenvalue weighted by Crippen LogP contribution is 2.11. The van der Waals surface area contributed by atoms with Crippen LogP contribution < -0.4 is 10.6 Å². The number of carbonyl (C=O) groups is 2. The Morgan fingerprint density at radius 3 is 2.04 bits per heavy atom. The van der Waals surface area contributed by atoms with E-state index in [2.05, 4.69) is 10.6 Å². The molecule has 4 heteroatoms. The van der Waals surface area contributed by atoms with Gasteiger partial charge in [0.05, 0.1) is 0 Å². The molecule has 2 amide bonds. The number of hydrogen-bond acceptors (Lipinski definition) is 2. The lowest BCUT2D eigenvalue weighted by atomic mass is 10.1. The van der Waals surface area contributed by atoms with Gasteiger partial charge in [-0.15, -0.1) is 0 Å². The normalized spacial score (nSPS) is 10.1. The molecule has 0 spiro atoms. The van der Waals surface area contributed by atoms with Gasteiger partial charge in [-0.05, 0) is 42.0 Å². The van der Waals surface area contributed by atoms with Crippen molar-refractivity contribution >= 4 is 17.5 Å². The molecule has 25 heavy (non-hydrogen) atoms. The molecular formula is C21H18N2O2. The van der Waals surface area contributed by atoms with Gasteiger partial charge in [-0.1, -0.05) is 48.5 Å². The minimum Gasteiger partial charge on any atom is -0.348 e. The molecule has 0 radical (unpaired) electrons. The molecule has 2 N–H and O–H groups in total. The maximum Gasteiger partial charge on any atom is 0.255 e. The van der Waals surface area contributed by atoms with E-state index in [1.54, 1.807) is 24.3 Å². The fraction of sp³-hybridized carbons (Fsp3) is 0.0476. The van der Waals surface area contributed by atoms with Crippen LogP contribution in [0.2, 0.25) is 0 Å². The fourth-order valence-corrected chi connectivity index (χ4v) is 2.42. The van der Waals surface area contributed by atoms with E-state index in [9.17, 15) is 9.59 Å². The molecule has 0 aliphatic heterocycles. The van der Waals surface area contributed by atoms with E-state index in [4.69, 9.17) is 0 Å². The monoisotopic (exact) mass is 330 g/mol. The van der Waals surface area contributed by atoms with Gasteiger partial charge < -0.3 is 10.6 Å². The molecule has 4 nitrogen and oxygen atoms in total. The third-order valence-electron chi connectivity index (χ3n) is 3.71. The lowest BCUT2D eigenvalue weighted by molar-refractivity contribution is 0.0950. The Hall–Kier alpha value is -3.40. The van der Waals surface area contributed by atoms with Gasteiger partial charge >= 0.3 is 0 Å². The maximum atomic E-state index is 12.3. The van der Waals surface area contributed by atoms with E-state index in [1.165, 1.54) is 0 Å². The number of carbonyl (C=O) groups excluding carboxylic acids is 2. The highest BCUT2D eigenvalue weighted by molar-refractivity contribution is 6.04. The van der Waals surface area contributed by atoms with Gasteiger partial charge in [-0.2, -0.15) is 0 Å². The Morgan fingerprint density at radius 2 is 1.32 bits per heavy atom. The molecular weight excluding hydrogens is 312 g/mol. The summed E-state index contributed by atoms with van der Waals surface area (Å²) in [4.78, 5) is 24.4. The van der Waals surface area contributed by atoms with Crippen LogP contribution in [0.15, 0.2) is 84.9 Å². The number of rotatable bonds is 5. The van der Waals surface area contributed by atoms with Crippen molar-refractivity contribution in [3.8, 4) is 0 Å². The molecule has 0 aliphatic rings.